The van der Waals surface area contributed by atoms with Crippen molar-refractivity contribution < 1.29 is 4.42 Å². The van der Waals surface area contributed by atoms with E-state index < -0.39 is 0 Å². The molecule has 0 spiro atoms. The number of anilines is 3. The van der Waals surface area contributed by atoms with Gasteiger partial charge in [-0.3, -0.25) is 0 Å². The lowest BCUT2D eigenvalue weighted by Crippen LogP contribution is -2.10. The van der Waals surface area contributed by atoms with E-state index >= 15 is 0 Å². The van der Waals surface area contributed by atoms with Gasteiger partial charge in [0, 0.05) is 33.2 Å². The van der Waals surface area contributed by atoms with Crippen LogP contribution in [-0.2, 0) is 0 Å². The van der Waals surface area contributed by atoms with Crippen LogP contribution >= 0.6 is 0 Å². The lowest BCUT2D eigenvalue weighted by molar-refractivity contribution is 0.669. The summed E-state index contributed by atoms with van der Waals surface area (Å²) in [6, 6.07) is 68.3. The molecule has 258 valence electrons. The zero-order chi connectivity index (χ0) is 36.3. The highest BCUT2D eigenvalue weighted by molar-refractivity contribution is 6.19. The Bertz CT molecular complexity index is 3220. The first-order chi connectivity index (χ1) is 27.2. The van der Waals surface area contributed by atoms with Gasteiger partial charge in [-0.25, -0.2) is 0 Å². The third-order valence-corrected chi connectivity index (χ3v) is 10.6. The Morgan fingerprint density at radius 2 is 1.04 bits per heavy atom. The lowest BCUT2D eigenvalue weighted by Gasteiger charge is -2.27. The monoisotopic (exact) mass is 704 g/mol. The van der Waals surface area contributed by atoms with Crippen LogP contribution in [0.4, 0.5) is 17.1 Å². The minimum absolute atomic E-state index is 0.855. The molecule has 0 radical (unpaired) electrons. The summed E-state index contributed by atoms with van der Waals surface area (Å²) in [4.78, 5) is 4.09. The van der Waals surface area contributed by atoms with Gasteiger partial charge in [0.25, 0.3) is 0 Å². The van der Waals surface area contributed by atoms with Crippen molar-refractivity contribution >= 4 is 71.6 Å². The second-order valence-electron chi connectivity index (χ2n) is 13.9. The topological polar surface area (TPSA) is 47.1 Å². The van der Waals surface area contributed by atoms with Crippen LogP contribution in [-0.4, -0.2) is 15.0 Å². The fraction of sp³-hybridized carbons (Fsp3) is 0. The minimum Gasteiger partial charge on any atom is -0.456 e. The molecule has 11 rings (SSSR count). The van der Waals surface area contributed by atoms with Crippen LogP contribution in [0.25, 0.3) is 82.5 Å². The third-order valence-electron chi connectivity index (χ3n) is 10.6. The van der Waals surface area contributed by atoms with E-state index in [2.05, 4.69) is 157 Å². The predicted molar refractivity (Wildman–Crippen MR) is 227 cm³/mol. The molecule has 0 saturated heterocycles. The van der Waals surface area contributed by atoms with Gasteiger partial charge < -0.3 is 9.32 Å². The minimum atomic E-state index is 0.855. The van der Waals surface area contributed by atoms with E-state index in [1.54, 1.807) is 4.80 Å². The van der Waals surface area contributed by atoms with E-state index in [1.165, 1.54) is 16.7 Å². The number of fused-ring (bicyclic) bond motifs is 8. The predicted octanol–water partition coefficient (Wildman–Crippen LogP) is 13.4. The van der Waals surface area contributed by atoms with E-state index in [9.17, 15) is 0 Å². The van der Waals surface area contributed by atoms with Crippen LogP contribution in [0.5, 0.6) is 0 Å². The van der Waals surface area contributed by atoms with Gasteiger partial charge in [0.05, 0.1) is 5.69 Å². The summed E-state index contributed by atoms with van der Waals surface area (Å²) in [5.41, 5.74) is 12.2. The van der Waals surface area contributed by atoms with Crippen molar-refractivity contribution in [2.24, 2.45) is 0 Å². The number of nitrogens with zero attached hydrogens (tertiary/aromatic N) is 4. The first-order valence-electron chi connectivity index (χ1n) is 18.5. The van der Waals surface area contributed by atoms with Crippen LogP contribution in [0.1, 0.15) is 0 Å². The fourth-order valence-corrected chi connectivity index (χ4v) is 8.04. The molecule has 0 unspecified atom stereocenters. The van der Waals surface area contributed by atoms with Crippen molar-refractivity contribution in [3.63, 3.8) is 0 Å². The summed E-state index contributed by atoms with van der Waals surface area (Å²) in [5.74, 6) is 0. The summed E-state index contributed by atoms with van der Waals surface area (Å²) in [6.45, 7) is 0. The maximum absolute atomic E-state index is 6.28. The van der Waals surface area contributed by atoms with Crippen LogP contribution in [0.15, 0.2) is 199 Å². The quantitative estimate of drug-likeness (QED) is 0.162. The average Bonchev–Trinajstić information content (AvgIpc) is 3.86. The molecule has 0 aliphatic heterocycles. The van der Waals surface area contributed by atoms with E-state index in [0.29, 0.717) is 0 Å². The molecule has 9 aromatic carbocycles. The van der Waals surface area contributed by atoms with Gasteiger partial charge in [-0.05, 0) is 105 Å². The molecule has 0 saturated carbocycles. The Labute approximate surface area is 316 Å². The van der Waals surface area contributed by atoms with Gasteiger partial charge in [0.2, 0.25) is 0 Å². The molecule has 5 nitrogen and oxygen atoms in total. The zero-order valence-electron chi connectivity index (χ0n) is 29.7. The molecule has 5 heteroatoms. The van der Waals surface area contributed by atoms with E-state index in [1.807, 2.05) is 42.5 Å². The van der Waals surface area contributed by atoms with Gasteiger partial charge in [-0.1, -0.05) is 127 Å². The summed E-state index contributed by atoms with van der Waals surface area (Å²) in [5, 5.41) is 16.6. The number of hydrogen-bond donors (Lipinski definition) is 0. The Kier molecular flexibility index (Phi) is 7.10. The van der Waals surface area contributed by atoms with Crippen molar-refractivity contribution in [2.75, 3.05) is 4.90 Å². The smallest absolute Gasteiger partial charge is 0.135 e. The molecule has 2 aromatic heterocycles. The van der Waals surface area contributed by atoms with Gasteiger partial charge in [-0.15, -0.1) is 10.2 Å². The molecule has 0 amide bonds. The summed E-state index contributed by atoms with van der Waals surface area (Å²) in [7, 11) is 0. The fourth-order valence-electron chi connectivity index (χ4n) is 8.04. The molecular weight excluding hydrogens is 673 g/mol. The molecule has 0 aliphatic rings. The Morgan fingerprint density at radius 3 is 1.89 bits per heavy atom. The van der Waals surface area contributed by atoms with E-state index in [-0.39, 0.29) is 0 Å². The van der Waals surface area contributed by atoms with E-state index in [0.717, 1.165) is 82.8 Å². The van der Waals surface area contributed by atoms with Gasteiger partial charge in [0.1, 0.15) is 22.2 Å². The van der Waals surface area contributed by atoms with Gasteiger partial charge >= 0.3 is 0 Å². The SMILES string of the molecule is c1ccc(-c2ccccc2-c2cccc(N(c3ccc4oc5ccccc5c4c3)c3ccc4ccc5ccc6nn(-c7ccccc7)nc6c5c4c3)c2)cc1. The third kappa shape index (κ3) is 5.24. The number of furan rings is 1. The molecule has 0 atom stereocenters. The largest absolute Gasteiger partial charge is 0.456 e. The second-order valence-corrected chi connectivity index (χ2v) is 13.9. The molecule has 11 aromatic rings. The highest BCUT2D eigenvalue weighted by atomic mass is 16.3. The van der Waals surface area contributed by atoms with Crippen molar-refractivity contribution in [1.82, 2.24) is 15.0 Å². The summed E-state index contributed by atoms with van der Waals surface area (Å²) < 4.78 is 6.28. The number of benzene rings is 9. The number of para-hydroxylation sites is 2. The Balaban J connectivity index is 1.14. The molecule has 0 bridgehead atoms. The van der Waals surface area contributed by atoms with Crippen molar-refractivity contribution in [3.8, 4) is 27.9 Å². The van der Waals surface area contributed by atoms with Crippen molar-refractivity contribution in [2.45, 2.75) is 0 Å². The first-order valence-corrected chi connectivity index (χ1v) is 18.5. The van der Waals surface area contributed by atoms with E-state index in [4.69, 9.17) is 14.6 Å². The number of rotatable bonds is 6. The second kappa shape index (κ2) is 12.6. The maximum atomic E-state index is 6.28. The first kappa shape index (κ1) is 31.1. The Morgan fingerprint density at radius 1 is 0.418 bits per heavy atom. The maximum Gasteiger partial charge on any atom is 0.135 e. The highest BCUT2D eigenvalue weighted by Crippen LogP contribution is 2.43. The summed E-state index contributed by atoms with van der Waals surface area (Å²) in [6.07, 6.45) is 0. The van der Waals surface area contributed by atoms with Crippen LogP contribution in [0.3, 0.4) is 0 Å². The van der Waals surface area contributed by atoms with Crippen molar-refractivity contribution in [3.05, 3.63) is 194 Å². The van der Waals surface area contributed by atoms with Crippen molar-refractivity contribution in [1.29, 1.82) is 0 Å². The van der Waals surface area contributed by atoms with Crippen LogP contribution < -0.4 is 4.90 Å². The van der Waals surface area contributed by atoms with Crippen LogP contribution in [0.2, 0.25) is 0 Å². The standard InChI is InChI=1S/C50H32N4O/c1-3-12-33(13-4-1)41-18-7-8-19-42(41)36-14-11-17-38(30-36)53(40-27-29-48-45(32-40)43-20-9-10-21-47(43)55-48)39-26-24-34-22-23-35-25-28-46-50(49(35)44(34)31-39)52-54(51-46)37-15-5-2-6-16-37/h1-32H. The van der Waals surface area contributed by atoms with Crippen LogP contribution in [0, 0.1) is 0 Å². The Hall–Kier alpha value is -7.50. The number of aromatic nitrogens is 3. The lowest BCUT2D eigenvalue weighted by atomic mass is 9.94. The molecule has 55 heavy (non-hydrogen) atoms. The molecule has 2 heterocycles. The molecule has 0 aliphatic carbocycles. The zero-order valence-corrected chi connectivity index (χ0v) is 29.7. The normalized spacial score (nSPS) is 11.6. The number of hydrogen-bond acceptors (Lipinski definition) is 4. The summed E-state index contributed by atoms with van der Waals surface area (Å²) >= 11 is 0. The molecule has 0 N–H and O–H groups in total. The van der Waals surface area contributed by atoms with Gasteiger partial charge in [-0.2, -0.15) is 4.80 Å². The average molecular weight is 705 g/mol. The highest BCUT2D eigenvalue weighted by Gasteiger charge is 2.19. The molecule has 0 fully saturated rings. The van der Waals surface area contributed by atoms with Gasteiger partial charge in [0.15, 0.2) is 0 Å². The molecular formula is C50H32N4O.